The number of hydrogen-bond donors (Lipinski definition) is 2. The van der Waals surface area contributed by atoms with Crippen LogP contribution in [0.5, 0.6) is 0 Å². The van der Waals surface area contributed by atoms with Gasteiger partial charge in [0.15, 0.2) is 0 Å². The molecule has 3 aromatic rings. The molecule has 1 fully saturated rings. The quantitative estimate of drug-likeness (QED) is 0.423. The van der Waals surface area contributed by atoms with Crippen molar-refractivity contribution in [1.29, 1.82) is 0 Å². The smallest absolute Gasteiger partial charge is 0.357 e. The van der Waals surface area contributed by atoms with Crippen molar-refractivity contribution in [3.63, 3.8) is 0 Å². The lowest BCUT2D eigenvalue weighted by molar-refractivity contribution is -0.138. The zero-order chi connectivity index (χ0) is 27.6. The summed E-state index contributed by atoms with van der Waals surface area (Å²) in [6.07, 6.45) is -0.483. The normalized spacial score (nSPS) is 17.4. The molecule has 0 unspecified atom stereocenters. The van der Waals surface area contributed by atoms with Gasteiger partial charge in [-0.05, 0) is 11.1 Å². The first kappa shape index (κ1) is 26.9. The van der Waals surface area contributed by atoms with E-state index in [0.29, 0.717) is 43.7 Å². The summed E-state index contributed by atoms with van der Waals surface area (Å²) in [6.45, 7) is 3.11. The maximum Gasteiger partial charge on any atom is 0.423 e. The molecule has 0 saturated carbocycles. The fraction of sp³-hybridized carbons (Fsp3) is 0.400. The predicted octanol–water partition coefficient (Wildman–Crippen LogP) is 2.62. The van der Waals surface area contributed by atoms with Gasteiger partial charge in [-0.1, -0.05) is 35.9 Å². The monoisotopic (exact) mass is 562 g/mol. The van der Waals surface area contributed by atoms with Crippen molar-refractivity contribution in [2.24, 2.45) is 0 Å². The van der Waals surface area contributed by atoms with Crippen molar-refractivity contribution in [2.75, 3.05) is 49.1 Å². The van der Waals surface area contributed by atoms with Gasteiger partial charge in [-0.15, -0.1) is 0 Å². The van der Waals surface area contributed by atoms with Crippen LogP contribution in [0.4, 0.5) is 24.8 Å². The van der Waals surface area contributed by atoms with E-state index in [-0.39, 0.29) is 31.1 Å². The minimum atomic E-state index is -4.84. The summed E-state index contributed by atoms with van der Waals surface area (Å²) >= 11 is 5.85. The van der Waals surface area contributed by atoms with E-state index >= 15 is 0 Å². The SMILES string of the molecule is O=C(CCNC[C@@H]1c2ccccc2CN1c1cn[nH]c(=O)c1C(F)(F)F)N1CCN(c2ncc(Cl)cn2)CC1. The van der Waals surface area contributed by atoms with Gasteiger partial charge in [0.05, 0.1) is 35.3 Å². The summed E-state index contributed by atoms with van der Waals surface area (Å²) in [5, 5.41) is 9.21. The van der Waals surface area contributed by atoms with E-state index in [1.165, 1.54) is 12.4 Å². The fourth-order valence-electron chi connectivity index (χ4n) is 5.04. The molecule has 0 bridgehead atoms. The van der Waals surface area contributed by atoms with Gasteiger partial charge in [-0.2, -0.15) is 18.3 Å². The summed E-state index contributed by atoms with van der Waals surface area (Å²) in [5.41, 5.74) is -1.08. The van der Waals surface area contributed by atoms with Crippen LogP contribution in [-0.2, 0) is 17.5 Å². The molecule has 4 heterocycles. The number of H-pyrrole nitrogens is 1. The first-order valence-electron chi connectivity index (χ1n) is 12.4. The second-order valence-electron chi connectivity index (χ2n) is 9.32. The number of aromatic amines is 1. The number of benzene rings is 1. The van der Waals surface area contributed by atoms with Crippen LogP contribution in [0.1, 0.15) is 29.2 Å². The zero-order valence-electron chi connectivity index (χ0n) is 20.8. The molecule has 2 aromatic heterocycles. The van der Waals surface area contributed by atoms with E-state index in [1.807, 2.05) is 34.3 Å². The second kappa shape index (κ2) is 11.2. The highest BCUT2D eigenvalue weighted by Crippen LogP contribution is 2.41. The Labute approximate surface area is 226 Å². The van der Waals surface area contributed by atoms with Crippen LogP contribution >= 0.6 is 11.6 Å². The maximum absolute atomic E-state index is 13.8. The Morgan fingerprint density at radius 1 is 1.10 bits per heavy atom. The van der Waals surface area contributed by atoms with Crippen LogP contribution < -0.4 is 20.7 Å². The number of nitrogens with zero attached hydrogens (tertiary/aromatic N) is 6. The molecular formula is C25H26ClF3N8O2. The summed E-state index contributed by atoms with van der Waals surface area (Å²) in [4.78, 5) is 38.6. The molecule has 0 radical (unpaired) electrons. The lowest BCUT2D eigenvalue weighted by Crippen LogP contribution is -2.49. The summed E-state index contributed by atoms with van der Waals surface area (Å²) in [7, 11) is 0. The average Bonchev–Trinajstić information content (AvgIpc) is 3.29. The summed E-state index contributed by atoms with van der Waals surface area (Å²) in [6, 6.07) is 6.90. The van der Waals surface area contributed by atoms with Crippen LogP contribution in [0.3, 0.4) is 0 Å². The molecule has 2 N–H and O–H groups in total. The van der Waals surface area contributed by atoms with Crippen LogP contribution in [0.2, 0.25) is 5.02 Å². The van der Waals surface area contributed by atoms with E-state index in [9.17, 15) is 22.8 Å². The maximum atomic E-state index is 13.8. The topological polar surface area (TPSA) is 110 Å². The van der Waals surface area contributed by atoms with Crippen LogP contribution in [-0.4, -0.2) is 70.2 Å². The number of fused-ring (bicyclic) bond motifs is 1. The number of aromatic nitrogens is 4. The Bertz CT molecular complexity index is 1380. The number of nitrogens with one attached hydrogen (secondary N) is 2. The number of piperazine rings is 1. The van der Waals surface area contributed by atoms with Gasteiger partial charge in [0, 0.05) is 52.2 Å². The number of alkyl halides is 3. The van der Waals surface area contributed by atoms with Gasteiger partial charge >= 0.3 is 6.18 Å². The van der Waals surface area contributed by atoms with E-state index in [2.05, 4.69) is 20.4 Å². The number of hydrogen-bond acceptors (Lipinski definition) is 8. The van der Waals surface area contributed by atoms with Gasteiger partial charge in [0.25, 0.3) is 5.56 Å². The number of rotatable bonds is 7. The molecule has 10 nitrogen and oxygen atoms in total. The Morgan fingerprint density at radius 2 is 1.82 bits per heavy atom. The largest absolute Gasteiger partial charge is 0.423 e. The number of amides is 1. The van der Waals surface area contributed by atoms with Crippen LogP contribution in [0.15, 0.2) is 47.7 Å². The number of carbonyl (C=O) groups excluding carboxylic acids is 1. The minimum absolute atomic E-state index is 0.0130. The molecule has 0 spiro atoms. The lowest BCUT2D eigenvalue weighted by Gasteiger charge is -2.34. The lowest BCUT2D eigenvalue weighted by atomic mass is 10.0. The molecule has 39 heavy (non-hydrogen) atoms. The summed E-state index contributed by atoms with van der Waals surface area (Å²) < 4.78 is 41.3. The van der Waals surface area contributed by atoms with Crippen molar-refractivity contribution >= 4 is 29.1 Å². The van der Waals surface area contributed by atoms with E-state index in [0.717, 1.165) is 17.3 Å². The highest BCUT2D eigenvalue weighted by atomic mass is 35.5. The molecule has 1 saturated heterocycles. The Hall–Kier alpha value is -3.71. The second-order valence-corrected chi connectivity index (χ2v) is 9.76. The van der Waals surface area contributed by atoms with Crippen LogP contribution in [0, 0.1) is 0 Å². The highest BCUT2D eigenvalue weighted by Gasteiger charge is 2.41. The average molecular weight is 563 g/mol. The first-order chi connectivity index (χ1) is 18.7. The Balaban J connectivity index is 1.19. The predicted molar refractivity (Wildman–Crippen MR) is 139 cm³/mol. The molecule has 0 aliphatic carbocycles. The fourth-order valence-corrected chi connectivity index (χ4v) is 5.13. The Kier molecular flexibility index (Phi) is 7.71. The molecular weight excluding hydrogens is 537 g/mol. The van der Waals surface area contributed by atoms with Crippen molar-refractivity contribution in [3.05, 3.63) is 74.9 Å². The van der Waals surface area contributed by atoms with Gasteiger partial charge in [0.1, 0.15) is 5.56 Å². The number of carbonyl (C=O) groups is 1. The molecule has 1 atom stereocenters. The molecule has 5 rings (SSSR count). The highest BCUT2D eigenvalue weighted by molar-refractivity contribution is 6.30. The van der Waals surface area contributed by atoms with E-state index in [1.54, 1.807) is 9.80 Å². The summed E-state index contributed by atoms with van der Waals surface area (Å²) in [5.74, 6) is 0.555. The van der Waals surface area contributed by atoms with Gasteiger partial charge < -0.3 is 20.0 Å². The molecule has 1 amide bonds. The molecule has 2 aliphatic rings. The zero-order valence-corrected chi connectivity index (χ0v) is 21.5. The van der Waals surface area contributed by atoms with Gasteiger partial charge in [-0.3, -0.25) is 9.59 Å². The molecule has 1 aromatic carbocycles. The van der Waals surface area contributed by atoms with E-state index < -0.39 is 23.3 Å². The third-order valence-electron chi connectivity index (χ3n) is 6.94. The molecule has 14 heteroatoms. The minimum Gasteiger partial charge on any atom is -0.357 e. The third-order valence-corrected chi connectivity index (χ3v) is 7.13. The number of anilines is 2. The standard InChI is InChI=1S/C25H26ClF3N8O2/c26-17-11-31-24(32-12-17)36-9-7-35(8-10-36)21(38)5-6-30-13-19-18-4-2-1-3-16(18)15-37(19)20-14-33-34-23(39)22(20)25(27,28)29/h1-4,11-12,14,19,30H,5-10,13,15H2,(H,34,39)/t19-/m1/s1. The molecule has 206 valence electrons. The van der Waals surface area contributed by atoms with Crippen LogP contribution in [0.25, 0.3) is 0 Å². The van der Waals surface area contributed by atoms with Crippen molar-refractivity contribution in [1.82, 2.24) is 30.4 Å². The number of halogens is 4. The van der Waals surface area contributed by atoms with E-state index in [4.69, 9.17) is 11.6 Å². The van der Waals surface area contributed by atoms with Crippen molar-refractivity contribution in [2.45, 2.75) is 25.2 Å². The third kappa shape index (κ3) is 5.83. The molecule has 2 aliphatic heterocycles. The van der Waals surface area contributed by atoms with Crippen molar-refractivity contribution < 1.29 is 18.0 Å². The first-order valence-corrected chi connectivity index (χ1v) is 12.8. The van der Waals surface area contributed by atoms with Crippen molar-refractivity contribution in [3.8, 4) is 0 Å². The Morgan fingerprint density at radius 3 is 2.54 bits per heavy atom. The van der Waals surface area contributed by atoms with Gasteiger partial charge in [-0.25, -0.2) is 15.1 Å². The van der Waals surface area contributed by atoms with Gasteiger partial charge in [0.2, 0.25) is 11.9 Å².